The normalized spacial score (nSPS) is 10.4. The Bertz CT molecular complexity index is 1090. The molecule has 0 radical (unpaired) electrons. The van der Waals surface area contributed by atoms with E-state index in [9.17, 15) is 24.6 Å². The Morgan fingerprint density at radius 1 is 0.793 bits per heavy atom. The molecule has 0 atom stereocenters. The van der Waals surface area contributed by atoms with Crippen LogP contribution in [0.3, 0.4) is 0 Å². The number of halogens is 3. The Labute approximate surface area is 171 Å². The quantitative estimate of drug-likeness (QED) is 0.265. The van der Waals surface area contributed by atoms with Gasteiger partial charge in [-0.05, 0) is 24.3 Å². The summed E-state index contributed by atoms with van der Waals surface area (Å²) in [6, 6.07) is 9.85. The number of nitro groups is 2. The van der Waals surface area contributed by atoms with Crippen molar-refractivity contribution in [2.24, 2.45) is 0 Å². The zero-order valence-electron chi connectivity index (χ0n) is 14.0. The smallest absolute Gasteiger partial charge is 0.269 e. The number of ether oxygens (including phenoxy) is 2. The van der Waals surface area contributed by atoms with Crippen LogP contribution in [0.5, 0.6) is 23.1 Å². The highest BCUT2D eigenvalue weighted by Crippen LogP contribution is 2.43. The van der Waals surface area contributed by atoms with Crippen molar-refractivity contribution in [3.63, 3.8) is 0 Å². The summed E-state index contributed by atoms with van der Waals surface area (Å²) >= 11 is 12.0. The Morgan fingerprint density at radius 3 is 1.69 bits per heavy atom. The maximum Gasteiger partial charge on any atom is 0.269 e. The minimum Gasteiger partial charge on any atom is -0.454 e. The fraction of sp³-hybridized carbons (Fsp3) is 0. The summed E-state index contributed by atoms with van der Waals surface area (Å²) in [5, 5.41) is 20.6. The Hall–Kier alpha value is -3.50. The highest BCUT2D eigenvalue weighted by molar-refractivity contribution is 6.37. The molecule has 0 bridgehead atoms. The largest absolute Gasteiger partial charge is 0.454 e. The number of non-ortho nitro benzene ring substituents is 2. The topological polar surface area (TPSA) is 118 Å². The molecule has 0 amide bonds. The SMILES string of the molecule is O=[N+]([O-])c1ccc(Oc2nc(F)c(Cl)c(Oc3ccc([N+](=O)[O-])cc3)c2Cl)cc1. The van der Waals surface area contributed by atoms with Crippen LogP contribution in [0, 0.1) is 26.2 Å². The van der Waals surface area contributed by atoms with Crippen molar-refractivity contribution in [2.45, 2.75) is 0 Å². The van der Waals surface area contributed by atoms with Gasteiger partial charge < -0.3 is 9.47 Å². The van der Waals surface area contributed by atoms with Gasteiger partial charge in [0.25, 0.3) is 11.4 Å². The van der Waals surface area contributed by atoms with Crippen molar-refractivity contribution < 1.29 is 23.7 Å². The maximum atomic E-state index is 14.1. The van der Waals surface area contributed by atoms with Gasteiger partial charge in [-0.1, -0.05) is 23.2 Å². The number of pyridine rings is 1. The lowest BCUT2D eigenvalue weighted by atomic mass is 10.3. The zero-order valence-corrected chi connectivity index (χ0v) is 15.6. The first-order chi connectivity index (χ1) is 13.8. The van der Waals surface area contributed by atoms with Crippen LogP contribution in [0.2, 0.25) is 10.0 Å². The minimum atomic E-state index is -1.13. The van der Waals surface area contributed by atoms with Crippen molar-refractivity contribution in [3.05, 3.63) is 84.8 Å². The summed E-state index contributed by atoms with van der Waals surface area (Å²) in [6.45, 7) is 0. The van der Waals surface area contributed by atoms with Crippen LogP contribution < -0.4 is 9.47 Å². The number of hydrogen-bond acceptors (Lipinski definition) is 7. The Balaban J connectivity index is 1.91. The summed E-state index contributed by atoms with van der Waals surface area (Å²) in [5.74, 6) is -1.63. The van der Waals surface area contributed by atoms with Gasteiger partial charge in [-0.2, -0.15) is 9.37 Å². The van der Waals surface area contributed by atoms with Crippen molar-refractivity contribution in [2.75, 3.05) is 0 Å². The first-order valence-corrected chi connectivity index (χ1v) is 8.41. The number of hydrogen-bond donors (Lipinski definition) is 0. The third-order valence-electron chi connectivity index (χ3n) is 3.50. The van der Waals surface area contributed by atoms with Crippen molar-refractivity contribution in [3.8, 4) is 23.1 Å². The van der Waals surface area contributed by atoms with Crippen molar-refractivity contribution in [1.29, 1.82) is 0 Å². The molecule has 2 aromatic carbocycles. The molecular formula is C17H8Cl2FN3O6. The average molecular weight is 440 g/mol. The van der Waals surface area contributed by atoms with Crippen LogP contribution >= 0.6 is 23.2 Å². The molecular weight excluding hydrogens is 432 g/mol. The van der Waals surface area contributed by atoms with Crippen LogP contribution in [-0.2, 0) is 0 Å². The van der Waals surface area contributed by atoms with Crippen LogP contribution in [0.1, 0.15) is 0 Å². The molecule has 148 valence electrons. The molecule has 1 heterocycles. The number of nitro benzene ring substituents is 2. The molecule has 12 heteroatoms. The number of benzene rings is 2. The first-order valence-electron chi connectivity index (χ1n) is 7.65. The van der Waals surface area contributed by atoms with E-state index in [-0.39, 0.29) is 39.5 Å². The summed E-state index contributed by atoms with van der Waals surface area (Å²) in [5.41, 5.74) is -0.335. The summed E-state index contributed by atoms with van der Waals surface area (Å²) < 4.78 is 24.9. The van der Waals surface area contributed by atoms with E-state index in [4.69, 9.17) is 32.7 Å². The molecule has 0 spiro atoms. The Morgan fingerprint density at radius 2 is 1.24 bits per heavy atom. The van der Waals surface area contributed by atoms with Gasteiger partial charge in [0.1, 0.15) is 21.5 Å². The first kappa shape index (κ1) is 20.2. The summed E-state index contributed by atoms with van der Waals surface area (Å²) in [4.78, 5) is 23.7. The number of rotatable bonds is 6. The third-order valence-corrected chi connectivity index (χ3v) is 4.16. The fourth-order valence-corrected chi connectivity index (χ4v) is 2.57. The molecule has 0 aliphatic rings. The van der Waals surface area contributed by atoms with Gasteiger partial charge in [-0.3, -0.25) is 20.2 Å². The summed E-state index contributed by atoms with van der Waals surface area (Å²) in [7, 11) is 0. The molecule has 29 heavy (non-hydrogen) atoms. The third kappa shape index (κ3) is 4.50. The molecule has 0 aliphatic carbocycles. The van der Waals surface area contributed by atoms with E-state index in [0.29, 0.717) is 0 Å². The van der Waals surface area contributed by atoms with E-state index in [2.05, 4.69) is 4.98 Å². The van der Waals surface area contributed by atoms with Crippen LogP contribution in [0.15, 0.2) is 48.5 Å². The summed E-state index contributed by atoms with van der Waals surface area (Å²) in [6.07, 6.45) is 0. The molecule has 9 nitrogen and oxygen atoms in total. The average Bonchev–Trinajstić information content (AvgIpc) is 2.70. The monoisotopic (exact) mass is 439 g/mol. The standard InChI is InChI=1S/C17H8Cl2FN3O6/c18-13-15(28-11-5-1-9(2-6-11)22(24)25)14(19)17(21-16(13)20)29-12-7-3-10(4-8-12)23(26)27/h1-8H. The van der Waals surface area contributed by atoms with E-state index in [0.717, 1.165) is 0 Å². The van der Waals surface area contributed by atoms with Gasteiger partial charge in [0, 0.05) is 24.3 Å². The molecule has 0 saturated heterocycles. The van der Waals surface area contributed by atoms with Gasteiger partial charge in [0.2, 0.25) is 11.8 Å². The molecule has 0 saturated carbocycles. The van der Waals surface area contributed by atoms with E-state index in [1.165, 1.54) is 48.5 Å². The van der Waals surface area contributed by atoms with Crippen molar-refractivity contribution in [1.82, 2.24) is 4.98 Å². The van der Waals surface area contributed by atoms with Gasteiger partial charge in [-0.25, -0.2) is 0 Å². The highest BCUT2D eigenvalue weighted by Gasteiger charge is 2.22. The second-order valence-electron chi connectivity index (χ2n) is 5.37. The number of nitrogens with zero attached hydrogens (tertiary/aromatic N) is 3. The predicted molar refractivity (Wildman–Crippen MR) is 101 cm³/mol. The van der Waals surface area contributed by atoms with Gasteiger partial charge >= 0.3 is 0 Å². The van der Waals surface area contributed by atoms with Crippen molar-refractivity contribution >= 4 is 34.6 Å². The lowest BCUT2D eigenvalue weighted by Crippen LogP contribution is -1.98. The lowest BCUT2D eigenvalue weighted by molar-refractivity contribution is -0.385. The zero-order chi connectivity index (χ0) is 21.1. The Kier molecular flexibility index (Phi) is 5.76. The van der Waals surface area contributed by atoms with E-state index in [1.807, 2.05) is 0 Å². The van der Waals surface area contributed by atoms with Crippen LogP contribution in [0.4, 0.5) is 15.8 Å². The van der Waals surface area contributed by atoms with Crippen LogP contribution in [0.25, 0.3) is 0 Å². The fourth-order valence-electron chi connectivity index (χ4n) is 2.13. The molecule has 3 rings (SSSR count). The van der Waals surface area contributed by atoms with Gasteiger partial charge in [0.15, 0.2) is 5.75 Å². The molecule has 0 N–H and O–H groups in total. The molecule has 3 aromatic rings. The highest BCUT2D eigenvalue weighted by atomic mass is 35.5. The molecule has 0 unspecified atom stereocenters. The van der Waals surface area contributed by atoms with Gasteiger partial charge in [0.05, 0.1) is 9.85 Å². The number of aromatic nitrogens is 1. The molecule has 0 fully saturated rings. The lowest BCUT2D eigenvalue weighted by Gasteiger charge is -2.13. The second-order valence-corrected chi connectivity index (χ2v) is 6.13. The van der Waals surface area contributed by atoms with E-state index >= 15 is 0 Å². The second kappa shape index (κ2) is 8.25. The molecule has 0 aliphatic heterocycles. The van der Waals surface area contributed by atoms with E-state index < -0.39 is 20.8 Å². The van der Waals surface area contributed by atoms with Gasteiger partial charge in [-0.15, -0.1) is 0 Å². The van der Waals surface area contributed by atoms with Crippen LogP contribution in [-0.4, -0.2) is 14.8 Å². The molecule has 1 aromatic heterocycles. The maximum absolute atomic E-state index is 14.1. The predicted octanol–water partition coefficient (Wildman–Crippen LogP) is 5.93. The minimum absolute atomic E-state index is 0.103. The van der Waals surface area contributed by atoms with E-state index in [1.54, 1.807) is 0 Å².